The molecule has 0 spiro atoms. The van der Waals surface area contributed by atoms with Crippen molar-refractivity contribution < 1.29 is 9.53 Å². The van der Waals surface area contributed by atoms with Crippen molar-refractivity contribution in [1.82, 2.24) is 9.78 Å². The number of nitrogens with one attached hydrogen (secondary N) is 1. The van der Waals surface area contributed by atoms with Gasteiger partial charge in [0.25, 0.3) is 0 Å². The molecule has 1 amide bonds. The van der Waals surface area contributed by atoms with Gasteiger partial charge in [0.1, 0.15) is 5.75 Å². The Morgan fingerprint density at radius 1 is 1.25 bits per heavy atom. The van der Waals surface area contributed by atoms with Gasteiger partial charge in [-0.15, -0.1) is 5.10 Å². The summed E-state index contributed by atoms with van der Waals surface area (Å²) in [5, 5.41) is 8.10. The lowest BCUT2D eigenvalue weighted by molar-refractivity contribution is -0.115. The van der Waals surface area contributed by atoms with Crippen LogP contribution in [0.15, 0.2) is 46.8 Å². The number of nitrogens with zero attached hydrogens (tertiary/aromatic N) is 2. The first-order chi connectivity index (χ1) is 13.4. The van der Waals surface area contributed by atoms with E-state index in [1.807, 2.05) is 12.1 Å². The molecule has 2 aromatic carbocycles. The molecule has 0 unspecified atom stereocenters. The molecule has 0 aliphatic carbocycles. The average molecular weight is 472 g/mol. The van der Waals surface area contributed by atoms with Crippen molar-refractivity contribution in [3.63, 3.8) is 0 Å². The molecule has 0 saturated heterocycles. The Balaban J connectivity index is 1.73. The van der Waals surface area contributed by atoms with Crippen molar-refractivity contribution in [3.8, 4) is 11.4 Å². The molecule has 146 valence electrons. The van der Waals surface area contributed by atoms with Crippen molar-refractivity contribution in [3.05, 3.63) is 56.5 Å². The van der Waals surface area contributed by atoms with Gasteiger partial charge in [-0.1, -0.05) is 46.3 Å². The third-order valence-electron chi connectivity index (χ3n) is 3.67. The van der Waals surface area contributed by atoms with Crippen molar-refractivity contribution in [2.45, 2.75) is 16.5 Å². The molecule has 3 aromatic rings. The fraction of sp³-hybridized carbons (Fsp3) is 0.167. The Hall–Kier alpha value is -1.58. The molecule has 1 aromatic heterocycles. The van der Waals surface area contributed by atoms with Gasteiger partial charge in [-0.05, 0) is 61.6 Å². The zero-order chi connectivity index (χ0) is 20.3. The van der Waals surface area contributed by atoms with Crippen LogP contribution in [0.5, 0.6) is 5.75 Å². The summed E-state index contributed by atoms with van der Waals surface area (Å²) < 4.78 is 8.20. The van der Waals surface area contributed by atoms with Crippen LogP contribution in [-0.2, 0) is 4.79 Å². The second-order valence-corrected chi connectivity index (χ2v) is 9.70. The monoisotopic (exact) mass is 471 g/mol. The molecule has 5 nitrogen and oxygen atoms in total. The van der Waals surface area contributed by atoms with Gasteiger partial charge in [-0.3, -0.25) is 4.79 Å². The van der Waals surface area contributed by atoms with Crippen LogP contribution < -0.4 is 10.1 Å². The van der Waals surface area contributed by atoms with E-state index in [1.165, 1.54) is 30.2 Å². The van der Waals surface area contributed by atoms with Crippen LogP contribution in [0.1, 0.15) is 6.92 Å². The lowest BCUT2D eigenvalue weighted by Crippen LogP contribution is -2.22. The summed E-state index contributed by atoms with van der Waals surface area (Å²) >= 11 is 20.0. The van der Waals surface area contributed by atoms with Crippen LogP contribution in [0.25, 0.3) is 5.69 Å². The van der Waals surface area contributed by atoms with E-state index in [1.54, 1.807) is 41.9 Å². The van der Waals surface area contributed by atoms with E-state index in [9.17, 15) is 4.79 Å². The van der Waals surface area contributed by atoms with Crippen LogP contribution >= 0.6 is 58.5 Å². The molecule has 28 heavy (non-hydrogen) atoms. The fourth-order valence-corrected chi connectivity index (χ4v) is 5.07. The number of methoxy groups -OCH3 is 1. The van der Waals surface area contributed by atoms with Crippen LogP contribution in [0.4, 0.5) is 5.69 Å². The van der Waals surface area contributed by atoms with Gasteiger partial charge in [-0.25, -0.2) is 4.68 Å². The van der Waals surface area contributed by atoms with Crippen LogP contribution in [0.2, 0.25) is 10.0 Å². The summed E-state index contributed by atoms with van der Waals surface area (Å²) in [4.78, 5) is 12.6. The maximum Gasteiger partial charge on any atom is 0.237 e. The van der Waals surface area contributed by atoms with Gasteiger partial charge in [-0.2, -0.15) is 0 Å². The first-order valence-electron chi connectivity index (χ1n) is 8.04. The number of benzene rings is 2. The average Bonchev–Trinajstić information content (AvgIpc) is 3.02. The highest BCUT2D eigenvalue weighted by Gasteiger charge is 2.19. The summed E-state index contributed by atoms with van der Waals surface area (Å²) in [7, 11) is 1.53. The zero-order valence-corrected chi connectivity index (χ0v) is 18.8. The summed E-state index contributed by atoms with van der Waals surface area (Å²) in [5.41, 5.74) is 1.34. The van der Waals surface area contributed by atoms with Gasteiger partial charge in [0, 0.05) is 10.0 Å². The second kappa shape index (κ2) is 9.28. The minimum absolute atomic E-state index is 0.190. The third-order valence-corrected chi connectivity index (χ3v) is 6.57. The Kier molecular flexibility index (Phi) is 7.00. The number of anilines is 1. The summed E-state index contributed by atoms with van der Waals surface area (Å²) in [6.07, 6.45) is 0. The molecule has 1 N–H and O–H groups in total. The molecule has 0 aliphatic rings. The minimum Gasteiger partial charge on any atom is -0.495 e. The lowest BCUT2D eigenvalue weighted by atomic mass is 10.3. The normalized spacial score (nSPS) is 11.9. The van der Waals surface area contributed by atoms with Gasteiger partial charge < -0.3 is 10.1 Å². The molecule has 0 saturated carbocycles. The van der Waals surface area contributed by atoms with Crippen LogP contribution in [0, 0.1) is 3.95 Å². The molecule has 0 bridgehead atoms. The number of aromatic nitrogens is 2. The van der Waals surface area contributed by atoms with Gasteiger partial charge in [0.05, 0.1) is 23.7 Å². The molecule has 10 heteroatoms. The Morgan fingerprint density at radius 3 is 2.61 bits per heavy atom. The highest BCUT2D eigenvalue weighted by atomic mass is 35.5. The molecule has 0 fully saturated rings. The quantitative estimate of drug-likeness (QED) is 0.347. The van der Waals surface area contributed by atoms with E-state index in [0.29, 0.717) is 29.8 Å². The van der Waals surface area contributed by atoms with Gasteiger partial charge in [0.2, 0.25) is 5.91 Å². The van der Waals surface area contributed by atoms with Crippen molar-refractivity contribution in [2.24, 2.45) is 0 Å². The topological polar surface area (TPSA) is 56.1 Å². The Morgan fingerprint density at radius 2 is 1.93 bits per heavy atom. The number of carbonyl (C=O) groups is 1. The first-order valence-corrected chi connectivity index (χ1v) is 10.9. The van der Waals surface area contributed by atoms with Crippen molar-refractivity contribution in [1.29, 1.82) is 0 Å². The highest BCUT2D eigenvalue weighted by molar-refractivity contribution is 8.02. The van der Waals surface area contributed by atoms with Gasteiger partial charge >= 0.3 is 0 Å². The standard InChI is InChI=1S/C18H15Cl2N3O2S3/c1-10(16(24)21-14-9-12(20)5-8-15(14)25-2)27-17-22-23(18(26)28-17)13-6-3-11(19)4-7-13/h3-10H,1-2H3,(H,21,24)/t10-/m0/s1. The predicted octanol–water partition coefficient (Wildman–Crippen LogP) is 6.10. The largest absolute Gasteiger partial charge is 0.495 e. The number of ether oxygens (including phenoxy) is 1. The number of hydrogen-bond donors (Lipinski definition) is 1. The molecule has 3 rings (SSSR count). The number of rotatable bonds is 6. The fourth-order valence-electron chi connectivity index (χ4n) is 2.27. The molecule has 0 radical (unpaired) electrons. The highest BCUT2D eigenvalue weighted by Crippen LogP contribution is 2.31. The zero-order valence-electron chi connectivity index (χ0n) is 14.8. The van der Waals surface area contributed by atoms with Crippen LogP contribution in [-0.4, -0.2) is 28.0 Å². The smallest absolute Gasteiger partial charge is 0.237 e. The number of halogens is 2. The molecule has 1 heterocycles. The van der Waals surface area contributed by atoms with E-state index in [0.717, 1.165) is 5.69 Å². The van der Waals surface area contributed by atoms with E-state index in [4.69, 9.17) is 40.2 Å². The van der Waals surface area contributed by atoms with E-state index >= 15 is 0 Å². The number of amides is 1. The molecule has 1 atom stereocenters. The van der Waals surface area contributed by atoms with Crippen LogP contribution in [0.3, 0.4) is 0 Å². The summed E-state index contributed by atoms with van der Waals surface area (Å²) in [6, 6.07) is 12.3. The minimum atomic E-state index is -0.400. The molecular formula is C18H15Cl2N3O2S3. The first kappa shape index (κ1) is 21.1. The summed E-state index contributed by atoms with van der Waals surface area (Å²) in [5.74, 6) is 0.349. The Labute approximate surface area is 185 Å². The van der Waals surface area contributed by atoms with Gasteiger partial charge in [0.15, 0.2) is 8.29 Å². The number of carbonyl (C=O) groups excluding carboxylic acids is 1. The summed E-state index contributed by atoms with van der Waals surface area (Å²) in [6.45, 7) is 1.80. The molecule has 0 aliphatic heterocycles. The lowest BCUT2D eigenvalue weighted by Gasteiger charge is -2.13. The van der Waals surface area contributed by atoms with Crippen molar-refractivity contribution >= 4 is 70.1 Å². The van der Waals surface area contributed by atoms with E-state index < -0.39 is 5.25 Å². The van der Waals surface area contributed by atoms with E-state index in [-0.39, 0.29) is 5.91 Å². The number of hydrogen-bond acceptors (Lipinski definition) is 6. The maximum atomic E-state index is 12.6. The SMILES string of the molecule is COc1ccc(Cl)cc1NC(=O)[C@H](C)Sc1nn(-c2ccc(Cl)cc2)c(=S)s1. The maximum absolute atomic E-state index is 12.6. The molecular weight excluding hydrogens is 457 g/mol. The Bertz CT molecular complexity index is 1050. The second-order valence-electron chi connectivity index (χ2n) is 5.62. The predicted molar refractivity (Wildman–Crippen MR) is 119 cm³/mol. The van der Waals surface area contributed by atoms with E-state index in [2.05, 4.69) is 10.4 Å². The number of thioether (sulfide) groups is 1. The third kappa shape index (κ3) is 5.07. The van der Waals surface area contributed by atoms with Crippen molar-refractivity contribution in [2.75, 3.05) is 12.4 Å².